The molecular formula is C15H22ClN3O3. The molecule has 7 heteroatoms. The highest BCUT2D eigenvalue weighted by atomic mass is 35.5. The average molecular weight is 328 g/mol. The van der Waals surface area contributed by atoms with E-state index in [1.54, 1.807) is 24.3 Å². The molecule has 1 rings (SSSR count). The van der Waals surface area contributed by atoms with Gasteiger partial charge in [-0.25, -0.2) is 4.79 Å². The zero-order valence-electron chi connectivity index (χ0n) is 12.6. The topological polar surface area (TPSA) is 93.4 Å². The molecule has 1 atom stereocenters. The highest BCUT2D eigenvalue weighted by Gasteiger charge is 2.17. The normalized spacial score (nSPS) is 11.7. The maximum absolute atomic E-state index is 11.9. The van der Waals surface area contributed by atoms with Crippen molar-refractivity contribution in [1.29, 1.82) is 0 Å². The summed E-state index contributed by atoms with van der Waals surface area (Å²) in [6, 6.07) is 5.75. The molecule has 4 N–H and O–H groups in total. The van der Waals surface area contributed by atoms with E-state index in [1.165, 1.54) is 0 Å². The van der Waals surface area contributed by atoms with Gasteiger partial charge >= 0.3 is 6.03 Å². The Morgan fingerprint density at radius 3 is 2.59 bits per heavy atom. The van der Waals surface area contributed by atoms with Gasteiger partial charge < -0.3 is 21.1 Å². The molecule has 1 aromatic carbocycles. The Morgan fingerprint density at radius 1 is 1.32 bits per heavy atom. The van der Waals surface area contributed by atoms with Crippen molar-refractivity contribution in [2.24, 2.45) is 5.73 Å². The largest absolute Gasteiger partial charge is 0.382 e. The smallest absolute Gasteiger partial charge is 0.312 e. The standard InChI is InChI=1S/C15H22ClN3O3/c1-2-22-9-3-8-18-14(20)10-13(19-15(17)21)11-4-6-12(16)7-5-11/h4-7,13H,2-3,8-10H2,1H3,(H,18,20)(H3,17,19,21). The fourth-order valence-corrected chi connectivity index (χ4v) is 2.05. The van der Waals surface area contributed by atoms with E-state index in [9.17, 15) is 9.59 Å². The Hall–Kier alpha value is -1.79. The third-order valence-electron chi connectivity index (χ3n) is 2.97. The summed E-state index contributed by atoms with van der Waals surface area (Å²) in [4.78, 5) is 23.0. The van der Waals surface area contributed by atoms with Crippen LogP contribution in [0.1, 0.15) is 31.4 Å². The fourth-order valence-electron chi connectivity index (χ4n) is 1.92. The van der Waals surface area contributed by atoms with Crippen LogP contribution in [0.3, 0.4) is 0 Å². The number of benzene rings is 1. The lowest BCUT2D eigenvalue weighted by molar-refractivity contribution is -0.121. The summed E-state index contributed by atoms with van der Waals surface area (Å²) in [5.74, 6) is -0.162. The molecule has 122 valence electrons. The number of urea groups is 1. The maximum Gasteiger partial charge on any atom is 0.312 e. The maximum atomic E-state index is 11.9. The number of hydrogen-bond donors (Lipinski definition) is 3. The van der Waals surface area contributed by atoms with Gasteiger partial charge in [-0.2, -0.15) is 0 Å². The Balaban J connectivity index is 2.52. The van der Waals surface area contributed by atoms with Crippen molar-refractivity contribution in [3.63, 3.8) is 0 Å². The number of carbonyl (C=O) groups excluding carboxylic acids is 2. The van der Waals surface area contributed by atoms with E-state index in [4.69, 9.17) is 22.1 Å². The molecule has 22 heavy (non-hydrogen) atoms. The van der Waals surface area contributed by atoms with E-state index in [0.29, 0.717) is 24.8 Å². The molecule has 0 aromatic heterocycles. The quantitative estimate of drug-likeness (QED) is 0.605. The van der Waals surface area contributed by atoms with Crippen LogP contribution in [0.2, 0.25) is 5.02 Å². The Kier molecular flexibility index (Phi) is 8.32. The lowest BCUT2D eigenvalue weighted by Gasteiger charge is -2.18. The van der Waals surface area contributed by atoms with E-state index in [2.05, 4.69) is 10.6 Å². The second-order valence-electron chi connectivity index (χ2n) is 4.72. The van der Waals surface area contributed by atoms with Crippen LogP contribution in [0.15, 0.2) is 24.3 Å². The third kappa shape index (κ3) is 7.28. The van der Waals surface area contributed by atoms with Gasteiger partial charge in [-0.3, -0.25) is 4.79 Å². The van der Waals surface area contributed by atoms with Gasteiger partial charge in [-0.15, -0.1) is 0 Å². The molecule has 0 radical (unpaired) electrons. The highest BCUT2D eigenvalue weighted by Crippen LogP contribution is 2.19. The van der Waals surface area contributed by atoms with Crippen molar-refractivity contribution in [2.45, 2.75) is 25.8 Å². The third-order valence-corrected chi connectivity index (χ3v) is 3.22. The van der Waals surface area contributed by atoms with E-state index in [1.807, 2.05) is 6.92 Å². The minimum absolute atomic E-state index is 0.110. The number of hydrogen-bond acceptors (Lipinski definition) is 3. The molecule has 0 aliphatic heterocycles. The molecule has 1 unspecified atom stereocenters. The molecule has 6 nitrogen and oxygen atoms in total. The summed E-state index contributed by atoms with van der Waals surface area (Å²) in [5, 5.41) is 5.94. The van der Waals surface area contributed by atoms with Crippen LogP contribution in [0.4, 0.5) is 4.79 Å². The van der Waals surface area contributed by atoms with Gasteiger partial charge in [0, 0.05) is 24.8 Å². The lowest BCUT2D eigenvalue weighted by atomic mass is 10.0. The first-order chi connectivity index (χ1) is 10.5. The van der Waals surface area contributed by atoms with Crippen molar-refractivity contribution < 1.29 is 14.3 Å². The van der Waals surface area contributed by atoms with E-state index in [-0.39, 0.29) is 12.3 Å². The van der Waals surface area contributed by atoms with Gasteiger partial charge in [0.2, 0.25) is 5.91 Å². The Morgan fingerprint density at radius 2 is 2.00 bits per heavy atom. The zero-order valence-corrected chi connectivity index (χ0v) is 13.4. The van der Waals surface area contributed by atoms with Crippen molar-refractivity contribution >= 4 is 23.5 Å². The van der Waals surface area contributed by atoms with Crippen molar-refractivity contribution in [2.75, 3.05) is 19.8 Å². The van der Waals surface area contributed by atoms with Crippen LogP contribution in [-0.4, -0.2) is 31.7 Å². The van der Waals surface area contributed by atoms with Gasteiger partial charge in [0.1, 0.15) is 0 Å². The first-order valence-electron chi connectivity index (χ1n) is 7.18. The van der Waals surface area contributed by atoms with Crippen LogP contribution in [-0.2, 0) is 9.53 Å². The van der Waals surface area contributed by atoms with Crippen LogP contribution in [0, 0.1) is 0 Å². The number of nitrogens with two attached hydrogens (primary N) is 1. The molecule has 0 bridgehead atoms. The van der Waals surface area contributed by atoms with Crippen molar-refractivity contribution in [1.82, 2.24) is 10.6 Å². The summed E-state index contributed by atoms with van der Waals surface area (Å²) in [6.07, 6.45) is 0.855. The molecule has 0 aliphatic rings. The van der Waals surface area contributed by atoms with Gasteiger partial charge in [0.15, 0.2) is 0 Å². The summed E-state index contributed by atoms with van der Waals surface area (Å²) >= 11 is 5.83. The summed E-state index contributed by atoms with van der Waals surface area (Å²) in [5.41, 5.74) is 5.94. The molecule has 0 saturated heterocycles. The second kappa shape index (κ2) is 10.0. The van der Waals surface area contributed by atoms with Crippen LogP contribution in [0.5, 0.6) is 0 Å². The van der Waals surface area contributed by atoms with Crippen molar-refractivity contribution in [3.8, 4) is 0 Å². The van der Waals surface area contributed by atoms with Gasteiger partial charge in [-0.05, 0) is 31.0 Å². The van der Waals surface area contributed by atoms with Crippen LogP contribution in [0.25, 0.3) is 0 Å². The Labute approximate surface area is 135 Å². The predicted molar refractivity (Wildman–Crippen MR) is 85.6 cm³/mol. The summed E-state index contributed by atoms with van der Waals surface area (Å²) in [7, 11) is 0. The second-order valence-corrected chi connectivity index (χ2v) is 5.15. The van der Waals surface area contributed by atoms with Crippen molar-refractivity contribution in [3.05, 3.63) is 34.9 Å². The van der Waals surface area contributed by atoms with E-state index < -0.39 is 12.1 Å². The first kappa shape index (κ1) is 18.3. The molecule has 1 aromatic rings. The summed E-state index contributed by atoms with van der Waals surface area (Å²) in [6.45, 7) is 3.72. The molecule has 0 spiro atoms. The summed E-state index contributed by atoms with van der Waals surface area (Å²) < 4.78 is 5.19. The van der Waals surface area contributed by atoms with E-state index in [0.717, 1.165) is 12.0 Å². The van der Waals surface area contributed by atoms with Gasteiger partial charge in [0.25, 0.3) is 0 Å². The van der Waals surface area contributed by atoms with E-state index >= 15 is 0 Å². The van der Waals surface area contributed by atoms with Crippen LogP contribution < -0.4 is 16.4 Å². The van der Waals surface area contributed by atoms with Crippen LogP contribution >= 0.6 is 11.6 Å². The van der Waals surface area contributed by atoms with Gasteiger partial charge in [-0.1, -0.05) is 23.7 Å². The number of amides is 3. The number of nitrogens with one attached hydrogen (secondary N) is 2. The minimum atomic E-state index is -0.677. The average Bonchev–Trinajstić information content (AvgIpc) is 2.46. The monoisotopic (exact) mass is 327 g/mol. The molecular weight excluding hydrogens is 306 g/mol. The lowest BCUT2D eigenvalue weighted by Crippen LogP contribution is -2.37. The Bertz CT molecular complexity index is 479. The molecule has 3 amide bonds. The number of halogens is 1. The first-order valence-corrected chi connectivity index (χ1v) is 7.56. The fraction of sp³-hybridized carbons (Fsp3) is 0.467. The number of carbonyl (C=O) groups is 2. The molecule has 0 heterocycles. The molecule has 0 aliphatic carbocycles. The zero-order chi connectivity index (χ0) is 16.4. The minimum Gasteiger partial charge on any atom is -0.382 e. The predicted octanol–water partition coefficient (Wildman–Crippen LogP) is 1.98. The number of primary amides is 1. The van der Waals surface area contributed by atoms with Gasteiger partial charge in [0.05, 0.1) is 12.5 Å². The number of ether oxygens (including phenoxy) is 1. The molecule has 0 fully saturated rings. The number of rotatable bonds is 9. The highest BCUT2D eigenvalue weighted by molar-refractivity contribution is 6.30. The SMILES string of the molecule is CCOCCCNC(=O)CC(NC(N)=O)c1ccc(Cl)cc1. The molecule has 0 saturated carbocycles.